The molecule has 0 unspecified atom stereocenters. The molecule has 0 spiro atoms. The Labute approximate surface area is 441 Å². The molecular formula is C68H139N. The third-order valence-corrected chi connectivity index (χ3v) is 17.4. The summed E-state index contributed by atoms with van der Waals surface area (Å²) in [4.78, 5) is 0. The van der Waals surface area contributed by atoms with Crippen LogP contribution in [-0.2, 0) is 0 Å². The van der Waals surface area contributed by atoms with E-state index in [1.165, 1.54) is 231 Å². The first kappa shape index (κ1) is 69.0. The Kier molecular flexibility index (Phi) is 45.3. The van der Waals surface area contributed by atoms with E-state index in [2.05, 4.69) is 111 Å². The van der Waals surface area contributed by atoms with Crippen LogP contribution < -0.4 is 5.73 Å². The van der Waals surface area contributed by atoms with Gasteiger partial charge in [-0.3, -0.25) is 0 Å². The van der Waals surface area contributed by atoms with E-state index in [0.29, 0.717) is 0 Å². The summed E-state index contributed by atoms with van der Waals surface area (Å²) in [6.45, 7) is 39.8. The molecule has 0 aliphatic heterocycles. The summed E-state index contributed by atoms with van der Waals surface area (Å²) in [6, 6.07) is 0. The van der Waals surface area contributed by atoms with Crippen LogP contribution in [0, 0.1) is 88.8 Å². The van der Waals surface area contributed by atoms with Gasteiger partial charge in [0.15, 0.2) is 0 Å². The second-order valence-electron chi connectivity index (χ2n) is 28.3. The lowest BCUT2D eigenvalue weighted by Crippen LogP contribution is -2.11. The molecule has 0 amide bonds. The van der Waals surface area contributed by atoms with Gasteiger partial charge in [0.25, 0.3) is 0 Å². The molecule has 0 aliphatic rings. The Balaban J connectivity index is 5.93. The summed E-state index contributed by atoms with van der Waals surface area (Å²) in [7, 11) is 0. The highest BCUT2D eigenvalue weighted by molar-refractivity contribution is 4.73. The lowest BCUT2D eigenvalue weighted by molar-refractivity contribution is 0.282. The minimum atomic E-state index is 0.838. The molecule has 0 aromatic rings. The predicted molar refractivity (Wildman–Crippen MR) is 318 cm³/mol. The van der Waals surface area contributed by atoms with E-state index in [1.54, 1.807) is 0 Å². The topological polar surface area (TPSA) is 26.0 Å². The van der Waals surface area contributed by atoms with Crippen molar-refractivity contribution >= 4 is 0 Å². The first-order valence-corrected chi connectivity index (χ1v) is 32.5. The Morgan fingerprint density at radius 1 is 0.159 bits per heavy atom. The summed E-state index contributed by atoms with van der Waals surface area (Å²) in [5, 5.41) is 0. The Bertz CT molecular complexity index is 840. The van der Waals surface area contributed by atoms with Gasteiger partial charge in [0.1, 0.15) is 0 Å². The van der Waals surface area contributed by atoms with Crippen molar-refractivity contribution in [3.05, 3.63) is 0 Å². The van der Waals surface area contributed by atoms with Crippen LogP contribution in [0.4, 0.5) is 0 Å². The summed E-state index contributed by atoms with van der Waals surface area (Å²) in [5.41, 5.74) is 6.25. The molecule has 1 heteroatoms. The fourth-order valence-electron chi connectivity index (χ4n) is 12.2. The quantitative estimate of drug-likeness (QED) is 0.0646. The first-order chi connectivity index (χ1) is 32.8. The number of hydrogen-bond acceptors (Lipinski definition) is 1. The minimum Gasteiger partial charge on any atom is -0.330 e. The number of rotatable bonds is 51. The third-order valence-electron chi connectivity index (χ3n) is 17.4. The predicted octanol–water partition coefficient (Wildman–Crippen LogP) is 23.6. The Morgan fingerprint density at radius 3 is 0.391 bits per heavy atom. The summed E-state index contributed by atoms with van der Waals surface area (Å²) < 4.78 is 0. The molecule has 0 bridgehead atoms. The van der Waals surface area contributed by atoms with E-state index in [4.69, 9.17) is 5.73 Å². The van der Waals surface area contributed by atoms with E-state index in [-0.39, 0.29) is 0 Å². The summed E-state index contributed by atoms with van der Waals surface area (Å²) >= 11 is 0. The largest absolute Gasteiger partial charge is 0.330 e. The highest BCUT2D eigenvalue weighted by atomic mass is 14.5. The molecule has 0 aromatic heterocycles. The van der Waals surface area contributed by atoms with Crippen molar-refractivity contribution in [1.29, 1.82) is 0 Å². The van der Waals surface area contributed by atoms with Gasteiger partial charge in [-0.2, -0.15) is 0 Å². The van der Waals surface area contributed by atoms with Crippen LogP contribution in [-0.4, -0.2) is 6.54 Å². The molecule has 0 fully saturated rings. The smallest absolute Gasteiger partial charge is 0.00772 e. The van der Waals surface area contributed by atoms with Crippen molar-refractivity contribution in [3.8, 4) is 0 Å². The van der Waals surface area contributed by atoms with Crippen LogP contribution in [0.3, 0.4) is 0 Å². The van der Waals surface area contributed by atoms with Crippen molar-refractivity contribution in [2.24, 2.45) is 94.5 Å². The van der Waals surface area contributed by atoms with Gasteiger partial charge in [-0.05, 0) is 108 Å². The normalized spacial score (nSPS) is 13.0. The van der Waals surface area contributed by atoms with Crippen LogP contribution in [0.2, 0.25) is 0 Å². The van der Waals surface area contributed by atoms with Crippen LogP contribution in [0.1, 0.15) is 342 Å². The lowest BCUT2D eigenvalue weighted by atomic mass is 9.81. The average Bonchev–Trinajstić information content (AvgIpc) is 3.27. The van der Waals surface area contributed by atoms with Gasteiger partial charge in [0, 0.05) is 0 Å². The summed E-state index contributed by atoms with van der Waals surface area (Å²) in [6.07, 6.45) is 52.2. The van der Waals surface area contributed by atoms with Gasteiger partial charge in [-0.15, -0.1) is 0 Å². The highest BCUT2D eigenvalue weighted by Gasteiger charge is 2.20. The van der Waals surface area contributed by atoms with E-state index in [0.717, 1.165) is 95.3 Å². The molecule has 0 aromatic carbocycles. The molecule has 0 saturated heterocycles. The lowest BCUT2D eigenvalue weighted by Gasteiger charge is -2.25. The standard InChI is InChI=1S/C68H139N/c1-54(2)37-45-65(46-38-55(3)4)32-19-26-62(27-20-33-66(47-39-56(5)6)48-40-57(7)8)24-17-30-64(36-23-53-69)31-18-25-63(28-21-34-67(49-41-58(9)10)50-42-59(11)12)29-22-35-68(51-43-60(13)14)52-44-61(15)16/h54-68H,17-53,69H2,1-16H3. The second-order valence-corrected chi connectivity index (χ2v) is 28.3. The molecule has 2 N–H and O–H groups in total. The third kappa shape index (κ3) is 46.2. The van der Waals surface area contributed by atoms with Gasteiger partial charge in [0.05, 0.1) is 0 Å². The van der Waals surface area contributed by atoms with Crippen LogP contribution in [0.25, 0.3) is 0 Å². The van der Waals surface area contributed by atoms with Gasteiger partial charge < -0.3 is 5.73 Å². The fraction of sp³-hybridized carbons (Fsp3) is 1.00. The summed E-state index contributed by atoms with van der Waals surface area (Å²) in [5.74, 6) is 13.3. The maximum absolute atomic E-state index is 6.25. The molecular weight excluding hydrogens is 831 g/mol. The van der Waals surface area contributed by atoms with Crippen molar-refractivity contribution in [1.82, 2.24) is 0 Å². The molecule has 1 nitrogen and oxygen atoms in total. The van der Waals surface area contributed by atoms with Crippen molar-refractivity contribution < 1.29 is 0 Å². The maximum atomic E-state index is 6.25. The van der Waals surface area contributed by atoms with Gasteiger partial charge in [-0.1, -0.05) is 329 Å². The van der Waals surface area contributed by atoms with Crippen LogP contribution in [0.15, 0.2) is 0 Å². The number of hydrogen-bond donors (Lipinski definition) is 1. The molecule has 0 atom stereocenters. The van der Waals surface area contributed by atoms with Gasteiger partial charge in [-0.25, -0.2) is 0 Å². The zero-order valence-electron chi connectivity index (χ0n) is 51.4. The molecule has 0 radical (unpaired) electrons. The minimum absolute atomic E-state index is 0.838. The fourth-order valence-corrected chi connectivity index (χ4v) is 12.2. The van der Waals surface area contributed by atoms with E-state index >= 15 is 0 Å². The van der Waals surface area contributed by atoms with E-state index < -0.39 is 0 Å². The Hall–Kier alpha value is -0.0400. The molecule has 0 saturated carbocycles. The highest BCUT2D eigenvalue weighted by Crippen LogP contribution is 2.35. The Morgan fingerprint density at radius 2 is 0.275 bits per heavy atom. The van der Waals surface area contributed by atoms with Crippen LogP contribution >= 0.6 is 0 Å². The van der Waals surface area contributed by atoms with E-state index in [1.807, 2.05) is 0 Å². The first-order valence-electron chi connectivity index (χ1n) is 32.5. The SMILES string of the molecule is CC(C)CCC(CCCC(CCCC(CCCN)CCCC(CCCC(CCC(C)C)CCC(C)C)CCCC(CCC(C)C)CCC(C)C)CCCC(CCC(C)C)CCC(C)C)CCC(C)C. The van der Waals surface area contributed by atoms with Crippen molar-refractivity contribution in [2.45, 2.75) is 342 Å². The second kappa shape index (κ2) is 45.4. The van der Waals surface area contributed by atoms with Crippen molar-refractivity contribution in [2.75, 3.05) is 6.54 Å². The van der Waals surface area contributed by atoms with Crippen molar-refractivity contribution in [3.63, 3.8) is 0 Å². The number of nitrogens with two attached hydrogens (primary N) is 1. The molecule has 0 rings (SSSR count). The average molecular weight is 971 g/mol. The van der Waals surface area contributed by atoms with Gasteiger partial charge in [0.2, 0.25) is 0 Å². The zero-order valence-corrected chi connectivity index (χ0v) is 51.4. The molecule has 416 valence electrons. The molecule has 0 aliphatic carbocycles. The van der Waals surface area contributed by atoms with Crippen LogP contribution in [0.5, 0.6) is 0 Å². The van der Waals surface area contributed by atoms with E-state index in [9.17, 15) is 0 Å². The zero-order chi connectivity index (χ0) is 51.8. The van der Waals surface area contributed by atoms with Gasteiger partial charge >= 0.3 is 0 Å². The monoisotopic (exact) mass is 970 g/mol. The maximum Gasteiger partial charge on any atom is -0.00772 e. The molecule has 0 heterocycles. The molecule has 69 heavy (non-hydrogen) atoms.